The monoisotopic (exact) mass is 213 g/mol. The van der Waals surface area contributed by atoms with Gasteiger partial charge in [0.25, 0.3) is 0 Å². The van der Waals surface area contributed by atoms with Gasteiger partial charge in [0, 0.05) is 5.56 Å². The van der Waals surface area contributed by atoms with Crippen LogP contribution in [0, 0.1) is 0 Å². The molecule has 0 bridgehead atoms. The van der Waals surface area contributed by atoms with Gasteiger partial charge in [0.15, 0.2) is 11.5 Å². The number of benzene rings is 1. The van der Waals surface area contributed by atoms with Crippen LogP contribution in [0.5, 0.6) is 11.5 Å². The lowest BCUT2D eigenvalue weighted by Crippen LogP contribution is -2.04. The summed E-state index contributed by atoms with van der Waals surface area (Å²) in [6.07, 6.45) is 0.702. The molecule has 0 fully saturated rings. The standard InChI is InChI=1S/C11H16FNO2/c1-14-10-6-8(3-4-13)5-9(7-12)11(10)15-2/h5-6H,3-4,7,13H2,1-2H3. The minimum atomic E-state index is -0.571. The fourth-order valence-corrected chi connectivity index (χ4v) is 1.52. The van der Waals surface area contributed by atoms with Crippen LogP contribution in [0.3, 0.4) is 0 Å². The molecule has 0 aromatic heterocycles. The topological polar surface area (TPSA) is 44.5 Å². The fourth-order valence-electron chi connectivity index (χ4n) is 1.52. The molecule has 0 saturated heterocycles. The van der Waals surface area contributed by atoms with Crippen molar-refractivity contribution in [1.82, 2.24) is 0 Å². The molecule has 0 aliphatic rings. The van der Waals surface area contributed by atoms with Gasteiger partial charge < -0.3 is 15.2 Å². The fraction of sp³-hybridized carbons (Fsp3) is 0.455. The lowest BCUT2D eigenvalue weighted by Gasteiger charge is -2.13. The Kier molecular flexibility index (Phi) is 4.37. The molecule has 3 nitrogen and oxygen atoms in total. The molecule has 2 N–H and O–H groups in total. The van der Waals surface area contributed by atoms with Crippen LogP contribution >= 0.6 is 0 Å². The van der Waals surface area contributed by atoms with Crippen LogP contribution in [0.25, 0.3) is 0 Å². The number of methoxy groups -OCH3 is 2. The molecule has 1 rings (SSSR count). The van der Waals surface area contributed by atoms with Crippen LogP contribution in [-0.2, 0) is 13.1 Å². The van der Waals surface area contributed by atoms with Crippen LogP contribution < -0.4 is 15.2 Å². The molecule has 15 heavy (non-hydrogen) atoms. The maximum absolute atomic E-state index is 12.7. The molecule has 4 heteroatoms. The van der Waals surface area contributed by atoms with Gasteiger partial charge in [0.2, 0.25) is 0 Å². The minimum absolute atomic E-state index is 0.459. The zero-order chi connectivity index (χ0) is 11.3. The molecular weight excluding hydrogens is 197 g/mol. The van der Waals surface area contributed by atoms with E-state index >= 15 is 0 Å². The number of halogens is 1. The lowest BCUT2D eigenvalue weighted by molar-refractivity contribution is 0.344. The van der Waals surface area contributed by atoms with Gasteiger partial charge >= 0.3 is 0 Å². The van der Waals surface area contributed by atoms with Crippen molar-refractivity contribution in [2.45, 2.75) is 13.1 Å². The van der Waals surface area contributed by atoms with Crippen molar-refractivity contribution >= 4 is 0 Å². The van der Waals surface area contributed by atoms with Crippen LogP contribution in [0.4, 0.5) is 4.39 Å². The number of alkyl halides is 1. The molecule has 84 valence electrons. The van der Waals surface area contributed by atoms with E-state index in [1.54, 1.807) is 6.07 Å². The van der Waals surface area contributed by atoms with Gasteiger partial charge in [-0.2, -0.15) is 0 Å². The SMILES string of the molecule is COc1cc(CCN)cc(CF)c1OC. The van der Waals surface area contributed by atoms with Gasteiger partial charge in [-0.1, -0.05) is 0 Å². The van der Waals surface area contributed by atoms with Crippen molar-refractivity contribution in [2.24, 2.45) is 5.73 Å². The van der Waals surface area contributed by atoms with E-state index in [0.29, 0.717) is 30.0 Å². The summed E-state index contributed by atoms with van der Waals surface area (Å²) in [5.41, 5.74) is 6.91. The number of rotatable bonds is 5. The minimum Gasteiger partial charge on any atom is -0.493 e. The van der Waals surface area contributed by atoms with Crippen LogP contribution in [0.2, 0.25) is 0 Å². The smallest absolute Gasteiger partial charge is 0.166 e. The van der Waals surface area contributed by atoms with E-state index in [0.717, 1.165) is 5.56 Å². The summed E-state index contributed by atoms with van der Waals surface area (Å²) in [6, 6.07) is 3.58. The number of nitrogens with two attached hydrogens (primary N) is 1. The summed E-state index contributed by atoms with van der Waals surface area (Å²) < 4.78 is 23.0. The second kappa shape index (κ2) is 5.56. The van der Waals surface area contributed by atoms with Crippen molar-refractivity contribution in [3.05, 3.63) is 23.3 Å². The third kappa shape index (κ3) is 2.59. The zero-order valence-corrected chi connectivity index (χ0v) is 9.05. The zero-order valence-electron chi connectivity index (χ0n) is 9.05. The molecule has 0 aliphatic heterocycles. The highest BCUT2D eigenvalue weighted by Gasteiger charge is 2.11. The van der Waals surface area contributed by atoms with E-state index in [1.807, 2.05) is 6.07 Å². The third-order valence-corrected chi connectivity index (χ3v) is 2.19. The first kappa shape index (κ1) is 11.8. The maximum Gasteiger partial charge on any atom is 0.166 e. The Morgan fingerprint density at radius 3 is 2.47 bits per heavy atom. The summed E-state index contributed by atoms with van der Waals surface area (Å²) in [6.45, 7) is -0.0425. The Labute approximate surface area is 89.0 Å². The molecule has 0 unspecified atom stereocenters. The van der Waals surface area contributed by atoms with E-state index in [1.165, 1.54) is 14.2 Å². The summed E-state index contributed by atoms with van der Waals surface area (Å²) in [5, 5.41) is 0. The van der Waals surface area contributed by atoms with Crippen molar-refractivity contribution in [3.8, 4) is 11.5 Å². The average Bonchev–Trinajstić information content (AvgIpc) is 2.28. The Morgan fingerprint density at radius 1 is 1.27 bits per heavy atom. The number of ether oxygens (including phenoxy) is 2. The van der Waals surface area contributed by atoms with Gasteiger partial charge in [-0.15, -0.1) is 0 Å². The Balaban J connectivity index is 3.16. The van der Waals surface area contributed by atoms with Crippen LogP contribution in [0.15, 0.2) is 12.1 Å². The first-order valence-electron chi connectivity index (χ1n) is 4.76. The van der Waals surface area contributed by atoms with Gasteiger partial charge in [0.05, 0.1) is 14.2 Å². The average molecular weight is 213 g/mol. The Bertz CT molecular complexity index is 303. The molecule has 1 aromatic carbocycles. The van der Waals surface area contributed by atoms with Crippen LogP contribution in [0.1, 0.15) is 11.1 Å². The van der Waals surface area contributed by atoms with Crippen molar-refractivity contribution in [2.75, 3.05) is 20.8 Å². The first-order valence-corrected chi connectivity index (χ1v) is 4.76. The molecule has 0 heterocycles. The predicted octanol–water partition coefficient (Wildman–Crippen LogP) is 1.67. The predicted molar refractivity (Wildman–Crippen MR) is 57.1 cm³/mol. The van der Waals surface area contributed by atoms with Crippen molar-refractivity contribution in [1.29, 1.82) is 0 Å². The third-order valence-electron chi connectivity index (χ3n) is 2.19. The van der Waals surface area contributed by atoms with Crippen LogP contribution in [-0.4, -0.2) is 20.8 Å². The Hall–Kier alpha value is -1.29. The molecule has 0 saturated carbocycles. The lowest BCUT2D eigenvalue weighted by atomic mass is 10.1. The van der Waals surface area contributed by atoms with E-state index in [2.05, 4.69) is 0 Å². The van der Waals surface area contributed by atoms with E-state index in [9.17, 15) is 4.39 Å². The summed E-state index contributed by atoms with van der Waals surface area (Å²) in [7, 11) is 3.03. The van der Waals surface area contributed by atoms with Gasteiger partial charge in [-0.25, -0.2) is 4.39 Å². The van der Waals surface area contributed by atoms with E-state index < -0.39 is 6.67 Å². The van der Waals surface area contributed by atoms with Gasteiger partial charge in [-0.3, -0.25) is 0 Å². The highest BCUT2D eigenvalue weighted by molar-refractivity contribution is 5.49. The summed E-state index contributed by atoms with van der Waals surface area (Å²) in [4.78, 5) is 0. The molecule has 0 aliphatic carbocycles. The first-order chi connectivity index (χ1) is 7.26. The van der Waals surface area contributed by atoms with E-state index in [-0.39, 0.29) is 0 Å². The van der Waals surface area contributed by atoms with Crippen molar-refractivity contribution in [3.63, 3.8) is 0 Å². The van der Waals surface area contributed by atoms with Gasteiger partial charge in [-0.05, 0) is 30.7 Å². The number of hydrogen-bond acceptors (Lipinski definition) is 3. The second-order valence-electron chi connectivity index (χ2n) is 3.16. The normalized spacial score (nSPS) is 10.1. The van der Waals surface area contributed by atoms with Crippen molar-refractivity contribution < 1.29 is 13.9 Å². The summed E-state index contributed by atoms with van der Waals surface area (Å²) >= 11 is 0. The molecule has 1 aromatic rings. The molecule has 0 amide bonds. The second-order valence-corrected chi connectivity index (χ2v) is 3.16. The molecule has 0 spiro atoms. The van der Waals surface area contributed by atoms with E-state index in [4.69, 9.17) is 15.2 Å². The highest BCUT2D eigenvalue weighted by Crippen LogP contribution is 2.33. The Morgan fingerprint density at radius 2 is 2.00 bits per heavy atom. The summed E-state index contributed by atoms with van der Waals surface area (Å²) in [5.74, 6) is 1.01. The maximum atomic E-state index is 12.7. The highest BCUT2D eigenvalue weighted by atomic mass is 19.1. The molecular formula is C11H16FNO2. The quantitative estimate of drug-likeness (QED) is 0.809. The number of hydrogen-bond donors (Lipinski definition) is 1. The largest absolute Gasteiger partial charge is 0.493 e. The molecule has 0 radical (unpaired) electrons. The molecule has 0 atom stereocenters. The van der Waals surface area contributed by atoms with Gasteiger partial charge in [0.1, 0.15) is 6.67 Å².